The number of hydrogen-bond donors (Lipinski definition) is 0. The molecular formula is C28H21ClN2O2. The Balaban J connectivity index is 1.72. The molecule has 5 rings (SSSR count). The average molecular weight is 453 g/mol. The van der Waals surface area contributed by atoms with Crippen LogP contribution < -0.4 is 9.80 Å². The van der Waals surface area contributed by atoms with Crippen molar-refractivity contribution in [3.8, 4) is 0 Å². The molecule has 0 aliphatic carbocycles. The van der Waals surface area contributed by atoms with Crippen LogP contribution in [-0.4, -0.2) is 17.9 Å². The maximum Gasteiger partial charge on any atom is 0.330 e. The van der Waals surface area contributed by atoms with Crippen LogP contribution in [0.25, 0.3) is 0 Å². The summed E-state index contributed by atoms with van der Waals surface area (Å²) in [5.41, 5.74) is 2.81. The Kier molecular flexibility index (Phi) is 5.68. The van der Waals surface area contributed by atoms with Crippen LogP contribution in [0.4, 0.5) is 16.2 Å². The summed E-state index contributed by atoms with van der Waals surface area (Å²) in [5, 5.41) is 0.555. The second-order valence-electron chi connectivity index (χ2n) is 7.87. The van der Waals surface area contributed by atoms with Gasteiger partial charge in [-0.15, -0.1) is 0 Å². The lowest BCUT2D eigenvalue weighted by Gasteiger charge is -2.27. The second kappa shape index (κ2) is 8.93. The van der Waals surface area contributed by atoms with Crippen molar-refractivity contribution in [1.82, 2.24) is 0 Å². The first kappa shape index (κ1) is 21.0. The SMILES string of the molecule is O=C(c1ccc(Cl)cc1)C1C(c2ccccc2)N(c2ccccc2)C(=O)N1c1ccccc1. The second-order valence-corrected chi connectivity index (χ2v) is 8.30. The summed E-state index contributed by atoms with van der Waals surface area (Å²) in [4.78, 5) is 31.3. The lowest BCUT2D eigenvalue weighted by Crippen LogP contribution is -2.40. The van der Waals surface area contributed by atoms with E-state index in [9.17, 15) is 9.59 Å². The summed E-state index contributed by atoms with van der Waals surface area (Å²) in [6.45, 7) is 0. The number of carbonyl (C=O) groups is 2. The third-order valence-corrected chi connectivity index (χ3v) is 6.13. The van der Waals surface area contributed by atoms with E-state index in [1.54, 1.807) is 34.1 Å². The summed E-state index contributed by atoms with van der Waals surface area (Å²) in [7, 11) is 0. The van der Waals surface area contributed by atoms with Crippen LogP contribution in [0.2, 0.25) is 5.02 Å². The number of amides is 2. The number of rotatable bonds is 5. The van der Waals surface area contributed by atoms with E-state index >= 15 is 0 Å². The van der Waals surface area contributed by atoms with Gasteiger partial charge in [-0.1, -0.05) is 78.3 Å². The Hall–Kier alpha value is -3.89. The van der Waals surface area contributed by atoms with Crippen LogP contribution >= 0.6 is 11.6 Å². The summed E-state index contributed by atoms with van der Waals surface area (Å²) < 4.78 is 0. The summed E-state index contributed by atoms with van der Waals surface area (Å²) >= 11 is 6.07. The molecule has 0 bridgehead atoms. The number of urea groups is 1. The quantitative estimate of drug-likeness (QED) is 0.313. The molecule has 0 spiro atoms. The van der Waals surface area contributed by atoms with Gasteiger partial charge in [0.05, 0.1) is 6.04 Å². The van der Waals surface area contributed by atoms with Gasteiger partial charge in [0, 0.05) is 22.0 Å². The van der Waals surface area contributed by atoms with Gasteiger partial charge in [-0.05, 0) is 54.1 Å². The number of carbonyl (C=O) groups excluding carboxylic acids is 2. The Labute approximate surface area is 197 Å². The first-order valence-electron chi connectivity index (χ1n) is 10.7. The Morgan fingerprint density at radius 1 is 0.636 bits per heavy atom. The predicted octanol–water partition coefficient (Wildman–Crippen LogP) is 6.78. The van der Waals surface area contributed by atoms with Crippen LogP contribution in [-0.2, 0) is 0 Å². The number of Topliss-reactive ketones (excluding diaryl/α,β-unsaturated/α-hetero) is 1. The topological polar surface area (TPSA) is 40.6 Å². The first-order chi connectivity index (χ1) is 16.1. The molecule has 0 saturated carbocycles. The molecule has 1 heterocycles. The molecule has 5 heteroatoms. The molecule has 0 radical (unpaired) electrons. The summed E-state index contributed by atoms with van der Waals surface area (Å²) in [5.74, 6) is -0.142. The Morgan fingerprint density at radius 3 is 1.67 bits per heavy atom. The lowest BCUT2D eigenvalue weighted by molar-refractivity contribution is 0.0955. The zero-order valence-corrected chi connectivity index (χ0v) is 18.5. The molecule has 4 nitrogen and oxygen atoms in total. The highest BCUT2D eigenvalue weighted by atomic mass is 35.5. The Morgan fingerprint density at radius 2 is 1.12 bits per heavy atom. The number of anilines is 2. The maximum atomic E-state index is 14.0. The number of nitrogens with zero attached hydrogens (tertiary/aromatic N) is 2. The molecule has 1 aliphatic heterocycles. The number of halogens is 1. The minimum atomic E-state index is -0.760. The van der Waals surface area contributed by atoms with Crippen LogP contribution in [0, 0.1) is 0 Å². The standard InChI is InChI=1S/C28H21ClN2O2/c29-22-18-16-21(17-19-22)27(32)26-25(20-10-4-1-5-11-20)30(23-12-6-2-7-13-23)28(33)31(26)24-14-8-3-9-15-24/h1-19,25-26H. The number of ketones is 1. The van der Waals surface area contributed by atoms with Crippen molar-refractivity contribution in [2.75, 3.05) is 9.80 Å². The van der Waals surface area contributed by atoms with Crippen LogP contribution in [0.15, 0.2) is 115 Å². The van der Waals surface area contributed by atoms with Crippen molar-refractivity contribution in [2.24, 2.45) is 0 Å². The fraction of sp³-hybridized carbons (Fsp3) is 0.0714. The molecule has 1 saturated heterocycles. The van der Waals surface area contributed by atoms with Crippen molar-refractivity contribution in [2.45, 2.75) is 12.1 Å². The van der Waals surface area contributed by atoms with Crippen LogP contribution in [0.1, 0.15) is 22.0 Å². The van der Waals surface area contributed by atoms with E-state index in [2.05, 4.69) is 0 Å². The van der Waals surface area contributed by atoms with Crippen molar-refractivity contribution >= 4 is 34.8 Å². The van der Waals surface area contributed by atoms with Crippen molar-refractivity contribution < 1.29 is 9.59 Å². The fourth-order valence-electron chi connectivity index (χ4n) is 4.38. The molecule has 1 fully saturated rings. The highest BCUT2D eigenvalue weighted by molar-refractivity contribution is 6.30. The molecule has 1 aliphatic rings. The highest BCUT2D eigenvalue weighted by Crippen LogP contribution is 2.42. The smallest absolute Gasteiger partial charge is 0.292 e. The van der Waals surface area contributed by atoms with Crippen molar-refractivity contribution in [1.29, 1.82) is 0 Å². The van der Waals surface area contributed by atoms with Gasteiger partial charge in [0.25, 0.3) is 0 Å². The van der Waals surface area contributed by atoms with E-state index in [0.29, 0.717) is 16.3 Å². The molecule has 2 atom stereocenters. The minimum Gasteiger partial charge on any atom is -0.292 e. The molecule has 4 aromatic carbocycles. The summed E-state index contributed by atoms with van der Waals surface area (Å²) in [6, 6.07) is 33.9. The van der Waals surface area contributed by atoms with Gasteiger partial charge < -0.3 is 0 Å². The molecule has 4 aromatic rings. The monoisotopic (exact) mass is 452 g/mol. The van der Waals surface area contributed by atoms with Gasteiger partial charge in [-0.3, -0.25) is 14.6 Å². The van der Waals surface area contributed by atoms with Gasteiger partial charge in [0.15, 0.2) is 5.78 Å². The largest absolute Gasteiger partial charge is 0.330 e. The van der Waals surface area contributed by atoms with Gasteiger partial charge >= 0.3 is 6.03 Å². The summed E-state index contributed by atoms with van der Waals surface area (Å²) in [6.07, 6.45) is 0. The molecule has 162 valence electrons. The first-order valence-corrected chi connectivity index (χ1v) is 11.1. The average Bonchev–Trinajstić information content (AvgIpc) is 3.18. The fourth-order valence-corrected chi connectivity index (χ4v) is 4.51. The van der Waals surface area contributed by atoms with E-state index < -0.39 is 12.1 Å². The number of para-hydroxylation sites is 2. The number of hydrogen-bond acceptors (Lipinski definition) is 2. The van der Waals surface area contributed by atoms with Gasteiger partial charge in [0.1, 0.15) is 6.04 Å². The highest BCUT2D eigenvalue weighted by Gasteiger charge is 2.51. The molecule has 33 heavy (non-hydrogen) atoms. The van der Waals surface area contributed by atoms with E-state index in [4.69, 9.17) is 11.6 Å². The Bertz CT molecular complexity index is 1260. The molecular weight excluding hydrogens is 432 g/mol. The molecule has 2 unspecified atom stereocenters. The van der Waals surface area contributed by atoms with Crippen LogP contribution in [0.3, 0.4) is 0 Å². The predicted molar refractivity (Wildman–Crippen MR) is 132 cm³/mol. The zero-order chi connectivity index (χ0) is 22.8. The third kappa shape index (κ3) is 3.90. The van der Waals surface area contributed by atoms with Gasteiger partial charge in [-0.25, -0.2) is 4.79 Å². The maximum absolute atomic E-state index is 14.0. The van der Waals surface area contributed by atoms with E-state index in [-0.39, 0.29) is 11.8 Å². The molecule has 2 amide bonds. The molecule has 0 N–H and O–H groups in total. The van der Waals surface area contributed by atoms with Crippen LogP contribution in [0.5, 0.6) is 0 Å². The lowest BCUT2D eigenvalue weighted by atomic mass is 9.92. The van der Waals surface area contributed by atoms with Crippen molar-refractivity contribution in [3.05, 3.63) is 131 Å². The van der Waals surface area contributed by atoms with E-state index in [1.165, 1.54) is 0 Å². The number of benzene rings is 4. The van der Waals surface area contributed by atoms with Crippen molar-refractivity contribution in [3.63, 3.8) is 0 Å². The zero-order valence-electron chi connectivity index (χ0n) is 17.7. The third-order valence-electron chi connectivity index (χ3n) is 5.87. The van der Waals surface area contributed by atoms with Gasteiger partial charge in [0.2, 0.25) is 0 Å². The molecule has 0 aromatic heterocycles. The van der Waals surface area contributed by atoms with Gasteiger partial charge in [-0.2, -0.15) is 0 Å². The normalized spacial score (nSPS) is 17.9. The minimum absolute atomic E-state index is 0.142. The van der Waals surface area contributed by atoms with E-state index in [0.717, 1.165) is 11.3 Å². The van der Waals surface area contributed by atoms with E-state index in [1.807, 2.05) is 91.0 Å².